The summed E-state index contributed by atoms with van der Waals surface area (Å²) >= 11 is 0. The number of nitrogens with one attached hydrogen (secondary N) is 2. The van der Waals surface area contributed by atoms with E-state index in [0.717, 1.165) is 32.0 Å². The molecule has 6 heteroatoms. The van der Waals surface area contributed by atoms with Gasteiger partial charge >= 0.3 is 6.18 Å². The van der Waals surface area contributed by atoms with Crippen molar-refractivity contribution in [3.8, 4) is 5.75 Å². The largest absolute Gasteiger partial charge is 0.497 e. The van der Waals surface area contributed by atoms with Crippen molar-refractivity contribution in [3.63, 3.8) is 0 Å². The van der Waals surface area contributed by atoms with Crippen LogP contribution in [0.5, 0.6) is 5.75 Å². The average Bonchev–Trinajstić information content (AvgIpc) is 2.39. The Kier molecular flexibility index (Phi) is 4.19. The molecular formula is C13H17F3N2O. The number of anilines is 1. The van der Waals surface area contributed by atoms with Crippen LogP contribution >= 0.6 is 0 Å². The Labute approximate surface area is 110 Å². The molecule has 0 radical (unpaired) electrons. The maximum absolute atomic E-state index is 13.0. The Bertz CT molecular complexity index is 428. The van der Waals surface area contributed by atoms with Gasteiger partial charge in [0.15, 0.2) is 0 Å². The molecule has 1 heterocycles. The Morgan fingerprint density at radius 1 is 1.26 bits per heavy atom. The summed E-state index contributed by atoms with van der Waals surface area (Å²) in [5, 5.41) is 6.17. The summed E-state index contributed by atoms with van der Waals surface area (Å²) in [4.78, 5) is 0. The highest BCUT2D eigenvalue weighted by Gasteiger charge is 2.34. The summed E-state index contributed by atoms with van der Waals surface area (Å²) < 4.78 is 43.9. The highest BCUT2D eigenvalue weighted by Crippen LogP contribution is 2.37. The number of piperidine rings is 1. The first-order valence-corrected chi connectivity index (χ1v) is 6.23. The van der Waals surface area contributed by atoms with Crippen LogP contribution in [0.25, 0.3) is 0 Å². The van der Waals surface area contributed by atoms with E-state index in [1.165, 1.54) is 13.2 Å². The van der Waals surface area contributed by atoms with E-state index < -0.39 is 11.7 Å². The molecule has 1 aromatic carbocycles. The van der Waals surface area contributed by atoms with Gasteiger partial charge in [-0.1, -0.05) is 0 Å². The normalized spacial score (nSPS) is 17.3. The van der Waals surface area contributed by atoms with Gasteiger partial charge in [-0.3, -0.25) is 0 Å². The lowest BCUT2D eigenvalue weighted by Crippen LogP contribution is -2.35. The lowest BCUT2D eigenvalue weighted by atomic mass is 10.0. The van der Waals surface area contributed by atoms with Crippen LogP contribution in [0.2, 0.25) is 0 Å². The van der Waals surface area contributed by atoms with Gasteiger partial charge in [0.25, 0.3) is 0 Å². The van der Waals surface area contributed by atoms with Crippen molar-refractivity contribution in [1.29, 1.82) is 0 Å². The van der Waals surface area contributed by atoms with Crippen LogP contribution in [0.1, 0.15) is 18.4 Å². The predicted molar refractivity (Wildman–Crippen MR) is 67.5 cm³/mol. The van der Waals surface area contributed by atoms with Crippen LogP contribution in [0.3, 0.4) is 0 Å². The van der Waals surface area contributed by atoms with Crippen molar-refractivity contribution in [3.05, 3.63) is 23.8 Å². The van der Waals surface area contributed by atoms with E-state index in [2.05, 4.69) is 10.6 Å². The van der Waals surface area contributed by atoms with Crippen molar-refractivity contribution in [1.82, 2.24) is 5.32 Å². The third-order valence-electron chi connectivity index (χ3n) is 3.23. The topological polar surface area (TPSA) is 33.3 Å². The molecule has 3 nitrogen and oxygen atoms in total. The molecule has 0 amide bonds. The van der Waals surface area contributed by atoms with Gasteiger partial charge in [-0.25, -0.2) is 0 Å². The summed E-state index contributed by atoms with van der Waals surface area (Å²) in [5.74, 6) is 0.211. The monoisotopic (exact) mass is 274 g/mol. The van der Waals surface area contributed by atoms with Crippen LogP contribution in [-0.4, -0.2) is 26.2 Å². The molecular weight excluding hydrogens is 257 g/mol. The highest BCUT2D eigenvalue weighted by molar-refractivity contribution is 5.56. The molecule has 2 N–H and O–H groups in total. The van der Waals surface area contributed by atoms with Gasteiger partial charge in [-0.2, -0.15) is 13.2 Å². The second kappa shape index (κ2) is 5.69. The van der Waals surface area contributed by atoms with Crippen LogP contribution in [0.15, 0.2) is 18.2 Å². The zero-order valence-corrected chi connectivity index (χ0v) is 10.7. The zero-order valence-electron chi connectivity index (χ0n) is 10.7. The van der Waals surface area contributed by atoms with E-state index in [9.17, 15) is 13.2 Å². The van der Waals surface area contributed by atoms with Crippen LogP contribution in [-0.2, 0) is 6.18 Å². The number of rotatable bonds is 3. The number of hydrogen-bond donors (Lipinski definition) is 2. The first-order valence-electron chi connectivity index (χ1n) is 6.23. The van der Waals surface area contributed by atoms with Crippen molar-refractivity contribution >= 4 is 5.69 Å². The quantitative estimate of drug-likeness (QED) is 0.889. The minimum Gasteiger partial charge on any atom is -0.497 e. The Morgan fingerprint density at radius 3 is 2.53 bits per heavy atom. The number of ether oxygens (including phenoxy) is 1. The van der Waals surface area contributed by atoms with E-state index in [1.54, 1.807) is 6.07 Å². The molecule has 1 aliphatic heterocycles. The second-order valence-corrected chi connectivity index (χ2v) is 4.58. The van der Waals surface area contributed by atoms with Crippen molar-refractivity contribution in [2.45, 2.75) is 25.1 Å². The number of methoxy groups -OCH3 is 1. The summed E-state index contributed by atoms with van der Waals surface area (Å²) in [7, 11) is 1.36. The smallest absolute Gasteiger partial charge is 0.418 e. The highest BCUT2D eigenvalue weighted by atomic mass is 19.4. The number of hydrogen-bond acceptors (Lipinski definition) is 3. The van der Waals surface area contributed by atoms with Gasteiger partial charge in [0.05, 0.1) is 12.7 Å². The van der Waals surface area contributed by atoms with E-state index in [1.807, 2.05) is 0 Å². The van der Waals surface area contributed by atoms with Crippen molar-refractivity contribution in [2.75, 3.05) is 25.5 Å². The third-order valence-corrected chi connectivity index (χ3v) is 3.23. The van der Waals surface area contributed by atoms with E-state index >= 15 is 0 Å². The lowest BCUT2D eigenvalue weighted by Gasteiger charge is -2.26. The molecule has 0 aliphatic carbocycles. The lowest BCUT2D eigenvalue weighted by molar-refractivity contribution is -0.137. The van der Waals surface area contributed by atoms with Gasteiger partial charge in [-0.05, 0) is 44.1 Å². The van der Waals surface area contributed by atoms with E-state index in [-0.39, 0.29) is 17.5 Å². The molecule has 0 atom stereocenters. The minimum absolute atomic E-state index is 0.0794. The van der Waals surface area contributed by atoms with Gasteiger partial charge in [0, 0.05) is 11.7 Å². The Morgan fingerprint density at radius 2 is 1.95 bits per heavy atom. The van der Waals surface area contributed by atoms with Crippen LogP contribution < -0.4 is 15.4 Å². The summed E-state index contributed by atoms with van der Waals surface area (Å²) in [6.45, 7) is 1.66. The first-order chi connectivity index (χ1) is 9.00. The van der Waals surface area contributed by atoms with Gasteiger partial charge in [0.1, 0.15) is 5.75 Å². The predicted octanol–water partition coefficient (Wildman–Crippen LogP) is 2.88. The molecule has 0 bridgehead atoms. The average molecular weight is 274 g/mol. The van der Waals surface area contributed by atoms with E-state index in [0.29, 0.717) is 0 Å². The van der Waals surface area contributed by atoms with Crippen molar-refractivity contribution in [2.24, 2.45) is 0 Å². The molecule has 1 fully saturated rings. The molecule has 19 heavy (non-hydrogen) atoms. The van der Waals surface area contributed by atoms with Crippen molar-refractivity contribution < 1.29 is 17.9 Å². The van der Waals surface area contributed by atoms with Gasteiger partial charge in [0.2, 0.25) is 0 Å². The standard InChI is InChI=1S/C13H17F3N2O/c1-19-10-2-3-12(11(8-10)13(14,15)16)18-9-4-6-17-7-5-9/h2-3,8-9,17-18H,4-7H2,1H3. The molecule has 1 aliphatic rings. The Balaban J connectivity index is 2.23. The SMILES string of the molecule is COc1ccc(NC2CCNCC2)c(C(F)(F)F)c1. The fraction of sp³-hybridized carbons (Fsp3) is 0.538. The first kappa shape index (κ1) is 14.0. The molecule has 0 unspecified atom stereocenters. The Hall–Kier alpha value is -1.43. The van der Waals surface area contributed by atoms with Crippen LogP contribution in [0.4, 0.5) is 18.9 Å². The second-order valence-electron chi connectivity index (χ2n) is 4.58. The summed E-state index contributed by atoms with van der Waals surface area (Å²) in [6.07, 6.45) is -2.74. The number of alkyl halides is 3. The molecule has 0 saturated carbocycles. The maximum atomic E-state index is 13.0. The fourth-order valence-corrected chi connectivity index (χ4v) is 2.20. The fourth-order valence-electron chi connectivity index (χ4n) is 2.20. The third kappa shape index (κ3) is 3.53. The molecule has 2 rings (SSSR count). The zero-order chi connectivity index (χ0) is 13.9. The van der Waals surface area contributed by atoms with Gasteiger partial charge < -0.3 is 15.4 Å². The minimum atomic E-state index is -4.39. The molecule has 0 spiro atoms. The molecule has 106 valence electrons. The summed E-state index contributed by atoms with van der Waals surface area (Å²) in [5.41, 5.74) is -0.550. The maximum Gasteiger partial charge on any atom is 0.418 e. The molecule has 1 aromatic rings. The number of halogens is 3. The molecule has 0 aromatic heterocycles. The van der Waals surface area contributed by atoms with Crippen LogP contribution in [0, 0.1) is 0 Å². The molecule has 1 saturated heterocycles. The van der Waals surface area contributed by atoms with Gasteiger partial charge in [-0.15, -0.1) is 0 Å². The summed E-state index contributed by atoms with van der Waals surface area (Å²) in [6, 6.07) is 4.09. The van der Waals surface area contributed by atoms with E-state index in [4.69, 9.17) is 4.74 Å². The number of benzene rings is 1.